The Kier molecular flexibility index (Phi) is 6.93. The van der Waals surface area contributed by atoms with E-state index in [0.717, 1.165) is 11.1 Å². The molecule has 6 heteroatoms. The van der Waals surface area contributed by atoms with Crippen LogP contribution in [-0.4, -0.2) is 51.1 Å². The summed E-state index contributed by atoms with van der Waals surface area (Å²) in [5.41, 5.74) is 1.87. The molecule has 0 radical (unpaired) electrons. The van der Waals surface area contributed by atoms with Gasteiger partial charge in [-0.15, -0.1) is 0 Å². The lowest BCUT2D eigenvalue weighted by molar-refractivity contribution is -0.168. The lowest BCUT2D eigenvalue weighted by atomic mass is 9.85. The number of benzene rings is 2. The zero-order valence-electron chi connectivity index (χ0n) is 18.8. The van der Waals surface area contributed by atoms with Crippen LogP contribution >= 0.6 is 0 Å². The number of nitrogens with zero attached hydrogens (tertiary/aromatic N) is 1. The van der Waals surface area contributed by atoms with E-state index in [4.69, 9.17) is 9.47 Å². The molecule has 1 fully saturated rings. The zero-order chi connectivity index (χ0) is 23.3. The minimum Gasteiger partial charge on any atom is -0.468 e. The molecule has 166 valence electrons. The van der Waals surface area contributed by atoms with Crippen LogP contribution in [0.3, 0.4) is 0 Å². The van der Waals surface area contributed by atoms with Crippen molar-refractivity contribution in [2.45, 2.75) is 12.8 Å². The van der Waals surface area contributed by atoms with Gasteiger partial charge in [-0.25, -0.2) is 0 Å². The Labute approximate surface area is 188 Å². The van der Waals surface area contributed by atoms with Crippen molar-refractivity contribution in [3.63, 3.8) is 0 Å². The summed E-state index contributed by atoms with van der Waals surface area (Å²) in [6, 6.07) is 18.8. The van der Waals surface area contributed by atoms with E-state index in [1.807, 2.05) is 66.7 Å². The van der Waals surface area contributed by atoms with Crippen molar-refractivity contribution in [3.8, 4) is 0 Å². The highest BCUT2D eigenvalue weighted by Gasteiger charge is 2.54. The maximum absolute atomic E-state index is 13.3. The first-order valence-corrected chi connectivity index (χ1v) is 10.3. The number of carbonyl (C=O) groups is 3. The van der Waals surface area contributed by atoms with Gasteiger partial charge in [0.05, 0.1) is 19.8 Å². The lowest BCUT2D eigenvalue weighted by Crippen LogP contribution is -2.39. The van der Waals surface area contributed by atoms with Gasteiger partial charge >= 0.3 is 11.9 Å². The standard InChI is InChI=1S/C26H27NO5/c1-27(2)23(28)22(19-13-9-6-10-14-19)21-17-26(24(29)31-3,25(30)32-4)16-20(21)15-18-11-7-5-8-12-18/h5-15H,16-17H2,1-4H3/b20-15+,22-21+. The Hall–Kier alpha value is -3.67. The average molecular weight is 434 g/mol. The van der Waals surface area contributed by atoms with Gasteiger partial charge in [0.2, 0.25) is 0 Å². The van der Waals surface area contributed by atoms with Crippen LogP contribution in [0.15, 0.2) is 71.8 Å². The molecule has 6 nitrogen and oxygen atoms in total. The first-order chi connectivity index (χ1) is 15.3. The molecule has 3 rings (SSSR count). The molecular weight excluding hydrogens is 406 g/mol. The molecule has 2 aromatic rings. The van der Waals surface area contributed by atoms with Crippen molar-refractivity contribution in [3.05, 3.63) is 82.9 Å². The van der Waals surface area contributed by atoms with E-state index in [0.29, 0.717) is 16.7 Å². The smallest absolute Gasteiger partial charge is 0.323 e. The Morgan fingerprint density at radius 1 is 0.844 bits per heavy atom. The molecule has 0 heterocycles. The second kappa shape index (κ2) is 9.64. The number of amides is 1. The Morgan fingerprint density at radius 2 is 1.38 bits per heavy atom. The molecule has 0 bridgehead atoms. The van der Waals surface area contributed by atoms with Gasteiger partial charge in [0.1, 0.15) is 0 Å². The molecule has 0 spiro atoms. The number of hydrogen-bond donors (Lipinski definition) is 0. The molecule has 0 unspecified atom stereocenters. The van der Waals surface area contributed by atoms with Gasteiger partial charge in [0, 0.05) is 20.5 Å². The van der Waals surface area contributed by atoms with Crippen LogP contribution in [0.5, 0.6) is 0 Å². The fraction of sp³-hybridized carbons (Fsp3) is 0.269. The summed E-state index contributed by atoms with van der Waals surface area (Å²) >= 11 is 0. The minimum atomic E-state index is -1.55. The number of esters is 2. The van der Waals surface area contributed by atoms with E-state index in [2.05, 4.69) is 0 Å². The van der Waals surface area contributed by atoms with E-state index in [-0.39, 0.29) is 18.7 Å². The molecule has 1 saturated carbocycles. The number of ether oxygens (including phenoxy) is 2. The van der Waals surface area contributed by atoms with Crippen molar-refractivity contribution < 1.29 is 23.9 Å². The predicted octanol–water partition coefficient (Wildman–Crippen LogP) is 3.74. The van der Waals surface area contributed by atoms with Crippen molar-refractivity contribution in [2.24, 2.45) is 5.41 Å². The normalized spacial score (nSPS) is 17.6. The van der Waals surface area contributed by atoms with E-state index in [9.17, 15) is 14.4 Å². The van der Waals surface area contributed by atoms with Gasteiger partial charge in [0.25, 0.3) is 5.91 Å². The summed E-state index contributed by atoms with van der Waals surface area (Å²) in [6.45, 7) is 0. The van der Waals surface area contributed by atoms with Gasteiger partial charge in [-0.05, 0) is 28.7 Å². The molecule has 32 heavy (non-hydrogen) atoms. The number of methoxy groups -OCH3 is 2. The summed E-state index contributed by atoms with van der Waals surface area (Å²) in [5.74, 6) is -1.57. The molecule has 0 atom stereocenters. The molecule has 0 aromatic heterocycles. The van der Waals surface area contributed by atoms with Crippen molar-refractivity contribution in [1.82, 2.24) is 4.90 Å². The van der Waals surface area contributed by atoms with Crippen LogP contribution in [0.2, 0.25) is 0 Å². The van der Waals surface area contributed by atoms with Gasteiger partial charge in [0.15, 0.2) is 5.41 Å². The highest BCUT2D eigenvalue weighted by molar-refractivity contribution is 6.22. The predicted molar refractivity (Wildman–Crippen MR) is 122 cm³/mol. The lowest BCUT2D eigenvalue weighted by Gasteiger charge is -2.22. The molecule has 0 saturated heterocycles. The van der Waals surface area contributed by atoms with E-state index >= 15 is 0 Å². The third-order valence-corrected chi connectivity index (χ3v) is 5.64. The Balaban J connectivity index is 2.33. The fourth-order valence-electron chi connectivity index (χ4n) is 4.07. The molecule has 0 N–H and O–H groups in total. The van der Waals surface area contributed by atoms with Crippen LogP contribution in [0.1, 0.15) is 24.0 Å². The van der Waals surface area contributed by atoms with Crippen LogP contribution in [0.4, 0.5) is 0 Å². The van der Waals surface area contributed by atoms with Crippen LogP contribution in [0, 0.1) is 5.41 Å². The highest BCUT2D eigenvalue weighted by Crippen LogP contribution is 2.50. The maximum atomic E-state index is 13.3. The van der Waals surface area contributed by atoms with Crippen LogP contribution < -0.4 is 0 Å². The average Bonchev–Trinajstić information content (AvgIpc) is 3.19. The molecule has 1 amide bonds. The second-order valence-electron chi connectivity index (χ2n) is 7.92. The van der Waals surface area contributed by atoms with Crippen LogP contribution in [0.25, 0.3) is 11.6 Å². The Morgan fingerprint density at radius 3 is 1.88 bits per heavy atom. The topological polar surface area (TPSA) is 72.9 Å². The third-order valence-electron chi connectivity index (χ3n) is 5.64. The van der Waals surface area contributed by atoms with Crippen LogP contribution in [-0.2, 0) is 23.9 Å². The van der Waals surface area contributed by atoms with Gasteiger partial charge in [-0.1, -0.05) is 66.7 Å². The van der Waals surface area contributed by atoms with Crippen molar-refractivity contribution >= 4 is 29.5 Å². The summed E-state index contributed by atoms with van der Waals surface area (Å²) in [4.78, 5) is 40.6. The minimum absolute atomic E-state index is 0.00875. The fourth-order valence-corrected chi connectivity index (χ4v) is 4.07. The molecule has 1 aliphatic rings. The summed E-state index contributed by atoms with van der Waals surface area (Å²) < 4.78 is 10.0. The third kappa shape index (κ3) is 4.35. The summed E-state index contributed by atoms with van der Waals surface area (Å²) in [7, 11) is 5.85. The zero-order valence-corrected chi connectivity index (χ0v) is 18.8. The van der Waals surface area contributed by atoms with Gasteiger partial charge in [-0.3, -0.25) is 14.4 Å². The maximum Gasteiger partial charge on any atom is 0.323 e. The number of hydrogen-bond acceptors (Lipinski definition) is 5. The molecule has 2 aromatic carbocycles. The van der Waals surface area contributed by atoms with Crippen molar-refractivity contribution in [1.29, 1.82) is 0 Å². The van der Waals surface area contributed by atoms with Gasteiger partial charge in [-0.2, -0.15) is 0 Å². The van der Waals surface area contributed by atoms with Gasteiger partial charge < -0.3 is 14.4 Å². The number of likely N-dealkylation sites (N-methyl/N-ethyl adjacent to an activating group) is 1. The number of carbonyl (C=O) groups excluding carboxylic acids is 3. The number of allylic oxidation sites excluding steroid dienone is 2. The van der Waals surface area contributed by atoms with E-state index in [1.54, 1.807) is 14.1 Å². The summed E-state index contributed by atoms with van der Waals surface area (Å²) in [6.07, 6.45) is 2.00. The summed E-state index contributed by atoms with van der Waals surface area (Å²) in [5, 5.41) is 0. The monoisotopic (exact) mass is 433 g/mol. The first kappa shape index (κ1) is 23.0. The Bertz CT molecular complexity index is 1050. The quantitative estimate of drug-likeness (QED) is 0.408. The van der Waals surface area contributed by atoms with Crippen molar-refractivity contribution in [2.75, 3.05) is 28.3 Å². The SMILES string of the molecule is COC(=O)C1(C(=O)OC)CC(=C\c2ccccc2)/C(=C(/C(=O)N(C)C)c2ccccc2)C1. The second-order valence-corrected chi connectivity index (χ2v) is 7.92. The largest absolute Gasteiger partial charge is 0.468 e. The molecular formula is C26H27NO5. The number of rotatable bonds is 5. The van der Waals surface area contributed by atoms with E-state index in [1.165, 1.54) is 19.1 Å². The van der Waals surface area contributed by atoms with E-state index < -0.39 is 17.4 Å². The highest BCUT2D eigenvalue weighted by atomic mass is 16.5. The molecule has 1 aliphatic carbocycles. The first-order valence-electron chi connectivity index (χ1n) is 10.3. The molecule has 0 aliphatic heterocycles.